The van der Waals surface area contributed by atoms with Crippen LogP contribution in [0.2, 0.25) is 0 Å². The van der Waals surface area contributed by atoms with Gasteiger partial charge in [-0.2, -0.15) is 0 Å². The molecule has 3 fully saturated rings. The lowest BCUT2D eigenvalue weighted by Crippen LogP contribution is -2.47. The lowest BCUT2D eigenvalue weighted by atomic mass is 9.78. The standard InChI is InChI=1S/C25H33FN4O4/c1-13-20-16(22(31)28-23(32)30(20)15-8-9-15)10-18(26)21(13)29-11-14-6-5-7-19(17(14)12-29)27-24(33)34-25(2,3)4/h10,14-15,17,19H,5-9,11-12H2,1-4H3,(H,27,33)(H,28,31,32). The minimum absolute atomic E-state index is 0.0325. The number of hydrogen-bond donors (Lipinski definition) is 2. The summed E-state index contributed by atoms with van der Waals surface area (Å²) >= 11 is 0. The lowest BCUT2D eigenvalue weighted by molar-refractivity contribution is 0.0461. The molecule has 9 heteroatoms. The molecular weight excluding hydrogens is 439 g/mol. The number of ether oxygens (including phenoxy) is 1. The summed E-state index contributed by atoms with van der Waals surface area (Å²) in [5, 5.41) is 3.27. The topological polar surface area (TPSA) is 96.4 Å². The van der Waals surface area contributed by atoms with E-state index in [1.165, 1.54) is 6.07 Å². The zero-order valence-corrected chi connectivity index (χ0v) is 20.2. The van der Waals surface area contributed by atoms with Crippen molar-refractivity contribution in [3.05, 3.63) is 38.3 Å². The van der Waals surface area contributed by atoms with Gasteiger partial charge in [0, 0.05) is 36.7 Å². The number of aryl methyl sites for hydroxylation is 1. The molecule has 2 aliphatic carbocycles. The summed E-state index contributed by atoms with van der Waals surface area (Å²) in [5.41, 5.74) is 0.0589. The van der Waals surface area contributed by atoms with Gasteiger partial charge in [0.15, 0.2) is 0 Å². The molecule has 1 amide bonds. The van der Waals surface area contributed by atoms with Gasteiger partial charge in [-0.15, -0.1) is 0 Å². The molecule has 3 atom stereocenters. The van der Waals surface area contributed by atoms with Crippen LogP contribution in [-0.4, -0.2) is 40.4 Å². The highest BCUT2D eigenvalue weighted by molar-refractivity contribution is 5.87. The maximum absolute atomic E-state index is 15.5. The van der Waals surface area contributed by atoms with E-state index in [0.717, 1.165) is 32.1 Å². The van der Waals surface area contributed by atoms with E-state index in [0.29, 0.717) is 35.8 Å². The highest BCUT2D eigenvalue weighted by Crippen LogP contribution is 2.42. The van der Waals surface area contributed by atoms with Gasteiger partial charge in [-0.3, -0.25) is 14.3 Å². The Hall–Kier alpha value is -2.84. The number of fused-ring (bicyclic) bond motifs is 2. The van der Waals surface area contributed by atoms with Gasteiger partial charge in [-0.1, -0.05) is 6.42 Å². The van der Waals surface area contributed by atoms with Crippen molar-refractivity contribution in [2.45, 2.75) is 77.5 Å². The maximum Gasteiger partial charge on any atom is 0.407 e. The summed E-state index contributed by atoms with van der Waals surface area (Å²) in [7, 11) is 0. The third-order valence-corrected chi connectivity index (χ3v) is 7.42. The number of aromatic amines is 1. The summed E-state index contributed by atoms with van der Waals surface area (Å²) in [4.78, 5) is 41.9. The number of H-pyrrole nitrogens is 1. The molecule has 0 radical (unpaired) electrons. The first kappa shape index (κ1) is 22.9. The molecule has 184 valence electrons. The molecule has 2 aromatic rings. The highest BCUT2D eigenvalue weighted by atomic mass is 19.1. The molecule has 1 aliphatic heterocycles. The molecule has 2 saturated carbocycles. The Balaban J connectivity index is 1.48. The Kier molecular flexibility index (Phi) is 5.48. The minimum Gasteiger partial charge on any atom is -0.444 e. The quantitative estimate of drug-likeness (QED) is 0.712. The summed E-state index contributed by atoms with van der Waals surface area (Å²) in [5.74, 6) is 0.0559. The number of amides is 1. The smallest absolute Gasteiger partial charge is 0.407 e. The number of aromatic nitrogens is 2. The van der Waals surface area contributed by atoms with E-state index in [2.05, 4.69) is 10.3 Å². The van der Waals surface area contributed by atoms with Crippen LogP contribution in [0.15, 0.2) is 15.7 Å². The molecule has 2 heterocycles. The SMILES string of the molecule is Cc1c(N2CC3CCCC(NC(=O)OC(C)(C)C)C3C2)c(F)cc2c(=O)[nH]c(=O)n(C3CC3)c12. The second-order valence-corrected chi connectivity index (χ2v) is 11.1. The van der Waals surface area contributed by atoms with Crippen molar-refractivity contribution < 1.29 is 13.9 Å². The number of nitrogens with zero attached hydrogens (tertiary/aromatic N) is 2. The first-order chi connectivity index (χ1) is 16.0. The van der Waals surface area contributed by atoms with Gasteiger partial charge in [-0.25, -0.2) is 14.0 Å². The summed E-state index contributed by atoms with van der Waals surface area (Å²) in [6, 6.07) is 1.29. The van der Waals surface area contributed by atoms with E-state index >= 15 is 4.39 Å². The number of carbonyl (C=O) groups excluding carboxylic acids is 1. The Morgan fingerprint density at radius 2 is 1.91 bits per heavy atom. The van der Waals surface area contributed by atoms with E-state index in [1.54, 1.807) is 11.5 Å². The number of rotatable bonds is 3. The fourth-order valence-corrected chi connectivity index (χ4v) is 5.93. The molecule has 2 N–H and O–H groups in total. The normalized spacial score (nSPS) is 24.9. The van der Waals surface area contributed by atoms with Crippen LogP contribution < -0.4 is 21.5 Å². The molecule has 1 saturated heterocycles. The average Bonchev–Trinajstić information content (AvgIpc) is 3.46. The largest absolute Gasteiger partial charge is 0.444 e. The fraction of sp³-hybridized carbons (Fsp3) is 0.640. The van der Waals surface area contributed by atoms with Crippen LogP contribution in [0, 0.1) is 24.6 Å². The van der Waals surface area contributed by atoms with Crippen molar-refractivity contribution in [3.63, 3.8) is 0 Å². The van der Waals surface area contributed by atoms with Crippen molar-refractivity contribution in [1.82, 2.24) is 14.9 Å². The molecule has 0 spiro atoms. The second kappa shape index (κ2) is 8.13. The monoisotopic (exact) mass is 472 g/mol. The Bertz CT molecular complexity index is 1260. The Morgan fingerprint density at radius 3 is 2.59 bits per heavy atom. The van der Waals surface area contributed by atoms with Gasteiger partial charge in [0.2, 0.25) is 0 Å². The van der Waals surface area contributed by atoms with E-state index in [-0.39, 0.29) is 23.4 Å². The number of alkyl carbamates (subject to hydrolysis) is 1. The molecule has 3 unspecified atom stereocenters. The van der Waals surface area contributed by atoms with Gasteiger partial charge in [0.25, 0.3) is 5.56 Å². The third kappa shape index (κ3) is 4.09. The van der Waals surface area contributed by atoms with E-state index in [4.69, 9.17) is 4.74 Å². The average molecular weight is 473 g/mol. The number of carbonyl (C=O) groups is 1. The van der Waals surface area contributed by atoms with Crippen LogP contribution in [0.1, 0.15) is 64.5 Å². The molecule has 34 heavy (non-hydrogen) atoms. The van der Waals surface area contributed by atoms with Crippen molar-refractivity contribution in [2.24, 2.45) is 11.8 Å². The molecule has 3 aliphatic rings. The van der Waals surface area contributed by atoms with E-state index in [9.17, 15) is 14.4 Å². The molecular formula is C25H33FN4O4. The van der Waals surface area contributed by atoms with Crippen molar-refractivity contribution >= 4 is 22.7 Å². The Morgan fingerprint density at radius 1 is 1.18 bits per heavy atom. The number of benzene rings is 1. The van der Waals surface area contributed by atoms with Crippen LogP contribution >= 0.6 is 0 Å². The molecule has 8 nitrogen and oxygen atoms in total. The predicted molar refractivity (Wildman–Crippen MR) is 128 cm³/mol. The molecule has 5 rings (SSSR count). The number of hydrogen-bond acceptors (Lipinski definition) is 5. The number of anilines is 1. The van der Waals surface area contributed by atoms with Gasteiger partial charge in [0.05, 0.1) is 16.6 Å². The van der Waals surface area contributed by atoms with Crippen molar-refractivity contribution in [2.75, 3.05) is 18.0 Å². The van der Waals surface area contributed by atoms with Crippen LogP contribution in [-0.2, 0) is 4.74 Å². The fourth-order valence-electron chi connectivity index (χ4n) is 5.93. The number of halogens is 1. The third-order valence-electron chi connectivity index (χ3n) is 7.42. The lowest BCUT2D eigenvalue weighted by Gasteiger charge is -2.33. The van der Waals surface area contributed by atoms with E-state index in [1.807, 2.05) is 25.7 Å². The van der Waals surface area contributed by atoms with Gasteiger partial charge in [-0.05, 0) is 65.4 Å². The molecule has 0 bridgehead atoms. The van der Waals surface area contributed by atoms with Crippen molar-refractivity contribution in [1.29, 1.82) is 0 Å². The number of nitrogens with one attached hydrogen (secondary N) is 2. The minimum atomic E-state index is -0.569. The zero-order chi connectivity index (χ0) is 24.4. The van der Waals surface area contributed by atoms with E-state index < -0.39 is 28.8 Å². The van der Waals surface area contributed by atoms with Gasteiger partial charge >= 0.3 is 11.8 Å². The molecule has 1 aromatic heterocycles. The van der Waals surface area contributed by atoms with Crippen LogP contribution in [0.3, 0.4) is 0 Å². The zero-order valence-electron chi connectivity index (χ0n) is 20.2. The molecule has 1 aromatic carbocycles. The highest BCUT2D eigenvalue weighted by Gasteiger charge is 2.42. The summed E-state index contributed by atoms with van der Waals surface area (Å²) in [6.45, 7) is 8.60. The van der Waals surface area contributed by atoms with Crippen LogP contribution in [0.5, 0.6) is 0 Å². The predicted octanol–water partition coefficient (Wildman–Crippen LogP) is 3.60. The first-order valence-electron chi connectivity index (χ1n) is 12.3. The van der Waals surface area contributed by atoms with Gasteiger partial charge in [0.1, 0.15) is 11.4 Å². The van der Waals surface area contributed by atoms with Crippen molar-refractivity contribution in [3.8, 4) is 0 Å². The van der Waals surface area contributed by atoms with Crippen LogP contribution in [0.25, 0.3) is 10.9 Å². The second-order valence-electron chi connectivity index (χ2n) is 11.1. The van der Waals surface area contributed by atoms with Gasteiger partial charge < -0.3 is 15.0 Å². The van der Waals surface area contributed by atoms with Crippen LogP contribution in [0.4, 0.5) is 14.9 Å². The first-order valence-corrected chi connectivity index (χ1v) is 12.3. The Labute approximate surface area is 197 Å². The maximum atomic E-state index is 15.5. The summed E-state index contributed by atoms with van der Waals surface area (Å²) in [6.07, 6.45) is 4.21. The summed E-state index contributed by atoms with van der Waals surface area (Å²) < 4.78 is 22.6.